The van der Waals surface area contributed by atoms with Gasteiger partial charge in [0.1, 0.15) is 12.4 Å². The van der Waals surface area contributed by atoms with Crippen LogP contribution in [0.4, 0.5) is 5.69 Å². The molecule has 3 N–H and O–H groups in total. The van der Waals surface area contributed by atoms with Gasteiger partial charge >= 0.3 is 0 Å². The molecule has 0 saturated carbocycles. The molecule has 5 aromatic rings. The fourth-order valence-corrected chi connectivity index (χ4v) is 5.64. The van der Waals surface area contributed by atoms with E-state index in [9.17, 15) is 9.59 Å². The number of ether oxygens (including phenoxy) is 1. The van der Waals surface area contributed by atoms with E-state index in [2.05, 4.69) is 70.3 Å². The first kappa shape index (κ1) is 29.4. The van der Waals surface area contributed by atoms with Crippen molar-refractivity contribution in [2.75, 3.05) is 31.6 Å². The van der Waals surface area contributed by atoms with Crippen molar-refractivity contribution >= 4 is 22.5 Å². The van der Waals surface area contributed by atoms with Gasteiger partial charge < -0.3 is 20.0 Å². The van der Waals surface area contributed by atoms with Gasteiger partial charge in [0, 0.05) is 29.8 Å². The van der Waals surface area contributed by atoms with Crippen LogP contribution in [-0.2, 0) is 12.0 Å². The number of hydrogen-bond acceptors (Lipinski definition) is 5. The summed E-state index contributed by atoms with van der Waals surface area (Å²) in [6.45, 7) is 11.0. The fourth-order valence-electron chi connectivity index (χ4n) is 5.64. The van der Waals surface area contributed by atoms with Crippen LogP contribution < -0.4 is 15.6 Å². The monoisotopic (exact) mass is 592 g/mol. The molecule has 44 heavy (non-hydrogen) atoms. The number of rotatable bonds is 9. The van der Waals surface area contributed by atoms with E-state index in [-0.39, 0.29) is 16.9 Å². The van der Waals surface area contributed by atoms with Crippen molar-refractivity contribution in [3.63, 3.8) is 0 Å². The molecule has 9 heteroatoms. The standard InChI is InChI=1S/C35H40N6O3/c1-35(2,3)27-9-7-24(8-10-27)22-41-23-26(20-37-41)33(42)38-28-19-30(34(43)36-21-28)32-18-25-17-29(11-12-31(25)39-32)44-16-15-40-13-5-4-6-14-40/h7-12,17-21,23,39H,4-6,13-16,22H2,1-3H3,(H,36,43)(H,38,42). The van der Waals surface area contributed by atoms with Gasteiger partial charge in [-0.25, -0.2) is 0 Å². The van der Waals surface area contributed by atoms with E-state index in [1.165, 1.54) is 31.0 Å². The lowest BCUT2D eigenvalue weighted by Gasteiger charge is -2.26. The second-order valence-electron chi connectivity index (χ2n) is 12.6. The number of nitrogens with zero attached hydrogens (tertiary/aromatic N) is 3. The van der Waals surface area contributed by atoms with Gasteiger partial charge in [0.05, 0.1) is 35.2 Å². The summed E-state index contributed by atoms with van der Waals surface area (Å²) in [6, 6.07) is 18.0. The van der Waals surface area contributed by atoms with Gasteiger partial charge in [-0.1, -0.05) is 51.5 Å². The number of H-pyrrole nitrogens is 2. The van der Waals surface area contributed by atoms with Crippen LogP contribution in [0.5, 0.6) is 5.75 Å². The molecule has 0 atom stereocenters. The highest BCUT2D eigenvalue weighted by Gasteiger charge is 2.15. The molecule has 1 aliphatic heterocycles. The lowest BCUT2D eigenvalue weighted by Crippen LogP contribution is -2.33. The molecule has 3 aromatic heterocycles. The van der Waals surface area contributed by atoms with E-state index in [1.807, 2.05) is 24.3 Å². The number of amides is 1. The highest BCUT2D eigenvalue weighted by atomic mass is 16.5. The minimum absolute atomic E-state index is 0.0934. The Bertz CT molecular complexity index is 1800. The van der Waals surface area contributed by atoms with Crippen molar-refractivity contribution in [2.24, 2.45) is 0 Å². The Morgan fingerprint density at radius 3 is 2.59 bits per heavy atom. The number of carbonyl (C=O) groups excluding carboxylic acids is 1. The summed E-state index contributed by atoms with van der Waals surface area (Å²) in [5.41, 5.74) is 5.12. The molecule has 1 fully saturated rings. The summed E-state index contributed by atoms with van der Waals surface area (Å²) in [5, 5.41) is 8.22. The third kappa shape index (κ3) is 6.94. The first-order valence-electron chi connectivity index (χ1n) is 15.4. The largest absolute Gasteiger partial charge is 0.492 e. The number of pyridine rings is 1. The third-order valence-corrected chi connectivity index (χ3v) is 8.23. The highest BCUT2D eigenvalue weighted by Crippen LogP contribution is 2.27. The molecule has 0 spiro atoms. The Morgan fingerprint density at radius 2 is 1.82 bits per heavy atom. The van der Waals surface area contributed by atoms with Gasteiger partial charge in [-0.3, -0.25) is 19.2 Å². The molecule has 1 aliphatic rings. The zero-order valence-electron chi connectivity index (χ0n) is 25.7. The first-order chi connectivity index (χ1) is 21.2. The molecule has 0 radical (unpaired) electrons. The van der Waals surface area contributed by atoms with Crippen LogP contribution in [0.2, 0.25) is 0 Å². The number of aromatic nitrogens is 4. The summed E-state index contributed by atoms with van der Waals surface area (Å²) in [7, 11) is 0. The van der Waals surface area contributed by atoms with E-state index in [1.54, 1.807) is 23.1 Å². The Morgan fingerprint density at radius 1 is 1.02 bits per heavy atom. The van der Waals surface area contributed by atoms with Gasteiger partial charge in [0.25, 0.3) is 11.5 Å². The van der Waals surface area contributed by atoms with Crippen molar-refractivity contribution in [3.8, 4) is 17.0 Å². The maximum Gasteiger partial charge on any atom is 0.258 e. The van der Waals surface area contributed by atoms with Gasteiger partial charge in [0.15, 0.2) is 0 Å². The summed E-state index contributed by atoms with van der Waals surface area (Å²) in [4.78, 5) is 34.4. The summed E-state index contributed by atoms with van der Waals surface area (Å²) >= 11 is 0. The Hall–Kier alpha value is -4.63. The number of piperidine rings is 1. The highest BCUT2D eigenvalue weighted by molar-refractivity contribution is 6.04. The summed E-state index contributed by atoms with van der Waals surface area (Å²) in [5.74, 6) is 0.498. The van der Waals surface area contributed by atoms with Crippen LogP contribution in [0.15, 0.2) is 78.0 Å². The van der Waals surface area contributed by atoms with Crippen molar-refractivity contribution in [1.29, 1.82) is 0 Å². The number of likely N-dealkylation sites (tertiary alicyclic amines) is 1. The molecule has 1 amide bonds. The maximum absolute atomic E-state index is 13.1. The summed E-state index contributed by atoms with van der Waals surface area (Å²) in [6.07, 6.45) is 8.63. The van der Waals surface area contributed by atoms with Gasteiger partial charge in [-0.05, 0) is 72.8 Å². The van der Waals surface area contributed by atoms with Crippen LogP contribution in [0.25, 0.3) is 22.2 Å². The Balaban J connectivity index is 1.10. The van der Waals surface area contributed by atoms with E-state index in [0.717, 1.165) is 41.9 Å². The number of benzene rings is 2. The molecule has 0 aliphatic carbocycles. The van der Waals surface area contributed by atoms with Crippen LogP contribution in [0.3, 0.4) is 0 Å². The van der Waals surface area contributed by atoms with Crippen LogP contribution >= 0.6 is 0 Å². The van der Waals surface area contributed by atoms with Gasteiger partial charge in [-0.15, -0.1) is 0 Å². The SMILES string of the molecule is CC(C)(C)c1ccc(Cn2cc(C(=O)Nc3c[nH]c(=O)c(-c4cc5cc(OCCN6CCCCC6)ccc5[nH]4)c3)cn2)cc1. The predicted molar refractivity (Wildman–Crippen MR) is 175 cm³/mol. The molecule has 2 aromatic carbocycles. The number of nitrogens with one attached hydrogen (secondary N) is 3. The van der Waals surface area contributed by atoms with Crippen molar-refractivity contribution in [1.82, 2.24) is 24.6 Å². The lowest BCUT2D eigenvalue weighted by atomic mass is 9.87. The van der Waals surface area contributed by atoms with E-state index < -0.39 is 0 Å². The second kappa shape index (κ2) is 12.5. The third-order valence-electron chi connectivity index (χ3n) is 8.23. The molecule has 4 heterocycles. The van der Waals surface area contributed by atoms with E-state index in [0.29, 0.717) is 35.7 Å². The smallest absolute Gasteiger partial charge is 0.258 e. The maximum atomic E-state index is 13.1. The normalized spacial score (nSPS) is 14.2. The topological polar surface area (TPSA) is 108 Å². The lowest BCUT2D eigenvalue weighted by molar-refractivity contribution is 0.102. The first-order valence-corrected chi connectivity index (χ1v) is 15.4. The zero-order valence-corrected chi connectivity index (χ0v) is 25.7. The number of carbonyl (C=O) groups is 1. The zero-order chi connectivity index (χ0) is 30.7. The van der Waals surface area contributed by atoms with E-state index in [4.69, 9.17) is 4.74 Å². The molecular formula is C35H40N6O3. The predicted octanol–water partition coefficient (Wildman–Crippen LogP) is 6.18. The average Bonchev–Trinajstić information content (AvgIpc) is 3.66. The molecule has 1 saturated heterocycles. The molecular weight excluding hydrogens is 552 g/mol. The van der Waals surface area contributed by atoms with Crippen molar-refractivity contribution in [3.05, 3.63) is 100 Å². The minimum Gasteiger partial charge on any atom is -0.492 e. The molecule has 0 unspecified atom stereocenters. The number of fused-ring (bicyclic) bond motifs is 1. The minimum atomic E-state index is -0.305. The quantitative estimate of drug-likeness (QED) is 0.189. The number of anilines is 1. The van der Waals surface area contributed by atoms with Crippen LogP contribution in [0, 0.1) is 0 Å². The molecule has 228 valence electrons. The van der Waals surface area contributed by atoms with Crippen molar-refractivity contribution < 1.29 is 9.53 Å². The number of hydrogen-bond donors (Lipinski definition) is 3. The second-order valence-corrected chi connectivity index (χ2v) is 12.6. The molecule has 6 rings (SSSR count). The molecule has 0 bridgehead atoms. The average molecular weight is 593 g/mol. The fraction of sp³-hybridized carbons (Fsp3) is 0.343. The van der Waals surface area contributed by atoms with Crippen molar-refractivity contribution in [2.45, 2.75) is 52.0 Å². The van der Waals surface area contributed by atoms with Crippen LogP contribution in [0.1, 0.15) is 61.5 Å². The Labute approximate surface area is 257 Å². The van der Waals surface area contributed by atoms with E-state index >= 15 is 0 Å². The molecule has 9 nitrogen and oxygen atoms in total. The van der Waals surface area contributed by atoms with Gasteiger partial charge in [0.2, 0.25) is 0 Å². The van der Waals surface area contributed by atoms with Crippen LogP contribution in [-0.4, -0.2) is 56.8 Å². The number of aromatic amines is 2. The Kier molecular flexibility index (Phi) is 8.39. The summed E-state index contributed by atoms with van der Waals surface area (Å²) < 4.78 is 7.78. The van der Waals surface area contributed by atoms with Gasteiger partial charge in [-0.2, -0.15) is 5.10 Å².